The Hall–Kier alpha value is -2.97. The number of carbonyl (C=O) groups is 1. The Bertz CT molecular complexity index is 1150. The zero-order valence-corrected chi connectivity index (χ0v) is 19.8. The summed E-state index contributed by atoms with van der Waals surface area (Å²) >= 11 is 6.05. The minimum atomic E-state index is -0.141. The quantitative estimate of drug-likeness (QED) is 0.499. The third kappa shape index (κ3) is 5.08. The number of methoxy groups -OCH3 is 1. The topological polar surface area (TPSA) is 86.1 Å². The summed E-state index contributed by atoms with van der Waals surface area (Å²) in [6.07, 6.45) is 3.71. The summed E-state index contributed by atoms with van der Waals surface area (Å²) in [5.74, 6) is 2.09. The monoisotopic (exact) mass is 485 g/mol. The summed E-state index contributed by atoms with van der Waals surface area (Å²) in [6, 6.07) is 10.7. The SMILES string of the molecule is COc1ccc(NC(=O)N2CCC(c3nc4cc(Cl)ccc4o3)CC2)cc1OC[C@H]1CCCO1. The molecule has 9 heteroatoms. The number of likely N-dealkylation sites (tertiary alicyclic amines) is 1. The van der Waals surface area contributed by atoms with Crippen molar-refractivity contribution < 1.29 is 23.4 Å². The molecule has 2 aliphatic heterocycles. The second-order valence-corrected chi connectivity index (χ2v) is 9.10. The summed E-state index contributed by atoms with van der Waals surface area (Å²) in [5.41, 5.74) is 2.15. The van der Waals surface area contributed by atoms with Crippen molar-refractivity contribution in [1.82, 2.24) is 9.88 Å². The molecule has 34 heavy (non-hydrogen) atoms. The number of hydrogen-bond acceptors (Lipinski definition) is 6. The summed E-state index contributed by atoms with van der Waals surface area (Å²) in [4.78, 5) is 19.3. The molecule has 0 bridgehead atoms. The summed E-state index contributed by atoms with van der Waals surface area (Å²) in [6.45, 7) is 2.48. The van der Waals surface area contributed by atoms with E-state index in [4.69, 9.17) is 30.2 Å². The molecule has 0 spiro atoms. The van der Waals surface area contributed by atoms with Crippen LogP contribution < -0.4 is 14.8 Å². The Morgan fingerprint density at radius 1 is 1.18 bits per heavy atom. The molecule has 180 valence electrons. The minimum Gasteiger partial charge on any atom is -0.493 e. The molecule has 2 aromatic carbocycles. The van der Waals surface area contributed by atoms with Crippen LogP contribution in [0.3, 0.4) is 0 Å². The first kappa shape index (κ1) is 22.8. The number of benzene rings is 2. The molecule has 2 saturated heterocycles. The first-order valence-electron chi connectivity index (χ1n) is 11.6. The van der Waals surface area contributed by atoms with Gasteiger partial charge >= 0.3 is 6.03 Å². The fourth-order valence-electron chi connectivity index (χ4n) is 4.45. The largest absolute Gasteiger partial charge is 0.493 e. The van der Waals surface area contributed by atoms with Gasteiger partial charge in [0.1, 0.15) is 12.1 Å². The number of hydrogen-bond donors (Lipinski definition) is 1. The average molecular weight is 486 g/mol. The van der Waals surface area contributed by atoms with Gasteiger partial charge in [0.25, 0.3) is 0 Å². The Balaban J connectivity index is 1.18. The first-order chi connectivity index (χ1) is 16.6. The van der Waals surface area contributed by atoms with E-state index in [1.54, 1.807) is 31.4 Å². The lowest BCUT2D eigenvalue weighted by Gasteiger charge is -2.30. The highest BCUT2D eigenvalue weighted by atomic mass is 35.5. The summed E-state index contributed by atoms with van der Waals surface area (Å²) in [5, 5.41) is 3.62. The molecular weight excluding hydrogens is 458 g/mol. The zero-order chi connectivity index (χ0) is 23.5. The van der Waals surface area contributed by atoms with Crippen molar-refractivity contribution >= 4 is 34.4 Å². The van der Waals surface area contributed by atoms with Crippen LogP contribution in [0.1, 0.15) is 37.5 Å². The number of rotatable bonds is 6. The van der Waals surface area contributed by atoms with Gasteiger partial charge in [-0.1, -0.05) is 11.6 Å². The highest BCUT2D eigenvalue weighted by molar-refractivity contribution is 6.31. The Morgan fingerprint density at radius 3 is 2.79 bits per heavy atom. The molecule has 1 atom stereocenters. The van der Waals surface area contributed by atoms with Crippen LogP contribution in [-0.4, -0.2) is 55.4 Å². The minimum absolute atomic E-state index is 0.0995. The highest BCUT2D eigenvalue weighted by Gasteiger charge is 2.27. The third-order valence-corrected chi connectivity index (χ3v) is 6.60. The van der Waals surface area contributed by atoms with E-state index in [0.717, 1.165) is 43.4 Å². The first-order valence-corrected chi connectivity index (χ1v) is 12.0. The predicted octanol–water partition coefficient (Wildman–Crippen LogP) is 5.46. The number of aromatic nitrogens is 1. The summed E-state index contributed by atoms with van der Waals surface area (Å²) in [7, 11) is 1.60. The lowest BCUT2D eigenvalue weighted by Crippen LogP contribution is -2.40. The third-order valence-electron chi connectivity index (χ3n) is 6.36. The normalized spacial score (nSPS) is 18.9. The van der Waals surface area contributed by atoms with Crippen LogP contribution in [0.25, 0.3) is 11.1 Å². The second kappa shape index (κ2) is 10.1. The number of ether oxygens (including phenoxy) is 3. The molecule has 5 rings (SSSR count). The zero-order valence-electron chi connectivity index (χ0n) is 19.1. The van der Waals surface area contributed by atoms with Gasteiger partial charge in [-0.25, -0.2) is 9.78 Å². The van der Waals surface area contributed by atoms with Crippen LogP contribution in [0, 0.1) is 0 Å². The van der Waals surface area contributed by atoms with Crippen LogP contribution in [0.15, 0.2) is 40.8 Å². The lowest BCUT2D eigenvalue weighted by atomic mass is 9.97. The van der Waals surface area contributed by atoms with Gasteiger partial charge in [-0.05, 0) is 56.0 Å². The Labute approximate surface area is 203 Å². The number of oxazole rings is 1. The number of halogens is 1. The van der Waals surface area contributed by atoms with E-state index in [-0.39, 0.29) is 18.1 Å². The van der Waals surface area contributed by atoms with E-state index in [2.05, 4.69) is 10.3 Å². The van der Waals surface area contributed by atoms with Crippen LogP contribution in [0.2, 0.25) is 5.02 Å². The Kier molecular flexibility index (Phi) is 6.78. The maximum absolute atomic E-state index is 12.9. The molecule has 8 nitrogen and oxygen atoms in total. The van der Waals surface area contributed by atoms with Crippen molar-refractivity contribution in [1.29, 1.82) is 0 Å². The van der Waals surface area contributed by atoms with Crippen molar-refractivity contribution in [2.45, 2.75) is 37.7 Å². The van der Waals surface area contributed by atoms with E-state index >= 15 is 0 Å². The van der Waals surface area contributed by atoms with Gasteiger partial charge in [0.05, 0.1) is 13.2 Å². The molecule has 0 radical (unpaired) electrons. The maximum Gasteiger partial charge on any atom is 0.321 e. The second-order valence-electron chi connectivity index (χ2n) is 8.67. The number of urea groups is 1. The number of piperidine rings is 1. The van der Waals surface area contributed by atoms with E-state index in [9.17, 15) is 4.79 Å². The fourth-order valence-corrected chi connectivity index (χ4v) is 4.62. The van der Waals surface area contributed by atoms with Crippen molar-refractivity contribution in [3.05, 3.63) is 47.3 Å². The molecule has 2 aliphatic rings. The fraction of sp³-hybridized carbons (Fsp3) is 0.440. The number of anilines is 1. The standard InChI is InChI=1S/C25H28ClN3O5/c1-31-22-7-5-18(14-23(22)33-15-19-3-2-12-32-19)27-25(30)29-10-8-16(9-11-29)24-28-20-13-17(26)4-6-21(20)34-24/h4-7,13-14,16,19H,2-3,8-12,15H2,1H3,(H,27,30)/t19-/m1/s1. The van der Waals surface area contributed by atoms with Crippen molar-refractivity contribution in [3.8, 4) is 11.5 Å². The smallest absolute Gasteiger partial charge is 0.321 e. The molecule has 2 fully saturated rings. The molecule has 1 aromatic heterocycles. The molecule has 2 amide bonds. The predicted molar refractivity (Wildman–Crippen MR) is 129 cm³/mol. The van der Waals surface area contributed by atoms with Gasteiger partial charge in [-0.3, -0.25) is 0 Å². The van der Waals surface area contributed by atoms with Gasteiger partial charge in [0, 0.05) is 42.4 Å². The molecule has 0 aliphatic carbocycles. The van der Waals surface area contributed by atoms with E-state index in [1.165, 1.54) is 0 Å². The van der Waals surface area contributed by atoms with Crippen molar-refractivity contribution in [2.75, 3.05) is 38.7 Å². The van der Waals surface area contributed by atoms with Crippen LogP contribution in [-0.2, 0) is 4.74 Å². The lowest BCUT2D eigenvalue weighted by molar-refractivity contribution is 0.0670. The van der Waals surface area contributed by atoms with Gasteiger partial charge < -0.3 is 28.8 Å². The van der Waals surface area contributed by atoms with Crippen molar-refractivity contribution in [2.24, 2.45) is 0 Å². The number of amides is 2. The number of nitrogens with zero attached hydrogens (tertiary/aromatic N) is 2. The average Bonchev–Trinajstić information content (AvgIpc) is 3.52. The van der Waals surface area contributed by atoms with Crippen LogP contribution >= 0.6 is 11.6 Å². The molecule has 3 heterocycles. The number of nitrogens with one attached hydrogen (secondary N) is 1. The molecule has 3 aromatic rings. The molecule has 0 saturated carbocycles. The van der Waals surface area contributed by atoms with E-state index < -0.39 is 0 Å². The number of carbonyl (C=O) groups excluding carboxylic acids is 1. The summed E-state index contributed by atoms with van der Waals surface area (Å²) < 4.78 is 22.9. The van der Waals surface area contributed by atoms with Gasteiger partial charge in [0.15, 0.2) is 23.0 Å². The Morgan fingerprint density at radius 2 is 2.03 bits per heavy atom. The van der Waals surface area contributed by atoms with Gasteiger partial charge in [-0.2, -0.15) is 0 Å². The molecule has 1 N–H and O–H groups in total. The van der Waals surface area contributed by atoms with E-state index in [1.807, 2.05) is 17.0 Å². The molecular formula is C25H28ClN3O5. The molecule has 0 unspecified atom stereocenters. The number of fused-ring (bicyclic) bond motifs is 1. The van der Waals surface area contributed by atoms with Gasteiger partial charge in [-0.15, -0.1) is 0 Å². The van der Waals surface area contributed by atoms with Gasteiger partial charge in [0.2, 0.25) is 0 Å². The van der Waals surface area contributed by atoms with Crippen molar-refractivity contribution in [3.63, 3.8) is 0 Å². The highest BCUT2D eigenvalue weighted by Crippen LogP contribution is 2.33. The maximum atomic E-state index is 12.9. The van der Waals surface area contributed by atoms with Crippen LogP contribution in [0.5, 0.6) is 11.5 Å². The van der Waals surface area contributed by atoms with Crippen LogP contribution in [0.4, 0.5) is 10.5 Å². The van der Waals surface area contributed by atoms with E-state index in [0.29, 0.717) is 47.8 Å².